The van der Waals surface area contributed by atoms with Gasteiger partial charge >= 0.3 is 0 Å². The molecule has 1 aliphatic heterocycles. The lowest BCUT2D eigenvalue weighted by molar-refractivity contribution is 0.628. The SMILES string of the molecule is Nc1ccnc(C2CCCN2)c1. The summed E-state index contributed by atoms with van der Waals surface area (Å²) in [5.41, 5.74) is 7.53. The first-order valence-electron chi connectivity index (χ1n) is 4.31. The molecule has 1 atom stereocenters. The molecule has 1 aliphatic rings. The molecule has 0 amide bonds. The molecule has 0 bridgehead atoms. The number of hydrogen-bond acceptors (Lipinski definition) is 3. The lowest BCUT2D eigenvalue weighted by Gasteiger charge is -2.08. The quantitative estimate of drug-likeness (QED) is 0.651. The van der Waals surface area contributed by atoms with E-state index in [4.69, 9.17) is 5.73 Å². The third-order valence-corrected chi connectivity index (χ3v) is 2.22. The van der Waals surface area contributed by atoms with Gasteiger partial charge in [0.15, 0.2) is 0 Å². The molecular weight excluding hydrogens is 150 g/mol. The maximum absolute atomic E-state index is 5.66. The van der Waals surface area contributed by atoms with E-state index in [2.05, 4.69) is 10.3 Å². The molecule has 3 N–H and O–H groups in total. The zero-order chi connectivity index (χ0) is 8.39. The number of anilines is 1. The van der Waals surface area contributed by atoms with Crippen molar-refractivity contribution >= 4 is 5.69 Å². The van der Waals surface area contributed by atoms with Crippen LogP contribution in [0, 0.1) is 0 Å². The molecule has 0 spiro atoms. The van der Waals surface area contributed by atoms with E-state index in [1.54, 1.807) is 6.20 Å². The number of rotatable bonds is 1. The molecule has 2 heterocycles. The van der Waals surface area contributed by atoms with Gasteiger partial charge in [-0.3, -0.25) is 4.98 Å². The highest BCUT2D eigenvalue weighted by Gasteiger charge is 2.16. The number of aromatic nitrogens is 1. The summed E-state index contributed by atoms with van der Waals surface area (Å²) in [6.45, 7) is 1.10. The molecular formula is C9H13N3. The highest BCUT2D eigenvalue weighted by atomic mass is 15.0. The molecule has 64 valence electrons. The number of pyridine rings is 1. The Kier molecular flexibility index (Phi) is 1.96. The fourth-order valence-electron chi connectivity index (χ4n) is 1.59. The Bertz CT molecular complexity index is 266. The summed E-state index contributed by atoms with van der Waals surface area (Å²) in [5, 5.41) is 3.38. The number of nitrogens with one attached hydrogen (secondary N) is 1. The molecule has 1 saturated heterocycles. The minimum Gasteiger partial charge on any atom is -0.399 e. The number of nitrogens with zero attached hydrogens (tertiary/aromatic N) is 1. The summed E-state index contributed by atoms with van der Waals surface area (Å²) in [4.78, 5) is 4.28. The molecule has 0 aliphatic carbocycles. The second-order valence-electron chi connectivity index (χ2n) is 3.16. The monoisotopic (exact) mass is 163 g/mol. The van der Waals surface area contributed by atoms with E-state index in [0.29, 0.717) is 6.04 Å². The Morgan fingerprint density at radius 2 is 2.50 bits per heavy atom. The van der Waals surface area contributed by atoms with Crippen molar-refractivity contribution in [2.75, 3.05) is 12.3 Å². The first-order valence-corrected chi connectivity index (χ1v) is 4.31. The van der Waals surface area contributed by atoms with E-state index in [1.165, 1.54) is 12.8 Å². The van der Waals surface area contributed by atoms with Crippen LogP contribution in [0.2, 0.25) is 0 Å². The van der Waals surface area contributed by atoms with E-state index in [0.717, 1.165) is 17.9 Å². The standard InChI is InChI=1S/C9H13N3/c10-7-3-5-12-9(6-7)8-2-1-4-11-8/h3,5-6,8,11H,1-2,4H2,(H2,10,12). The third kappa shape index (κ3) is 1.41. The minimum absolute atomic E-state index is 0.425. The summed E-state index contributed by atoms with van der Waals surface area (Å²) in [5.74, 6) is 0. The van der Waals surface area contributed by atoms with Crippen molar-refractivity contribution in [3.8, 4) is 0 Å². The van der Waals surface area contributed by atoms with Gasteiger partial charge in [0.2, 0.25) is 0 Å². The Hall–Kier alpha value is -1.09. The molecule has 0 aromatic carbocycles. The van der Waals surface area contributed by atoms with Crippen molar-refractivity contribution in [1.82, 2.24) is 10.3 Å². The normalized spacial score (nSPS) is 22.8. The summed E-state index contributed by atoms with van der Waals surface area (Å²) in [7, 11) is 0. The zero-order valence-corrected chi connectivity index (χ0v) is 6.96. The van der Waals surface area contributed by atoms with Gasteiger partial charge in [0.05, 0.1) is 5.69 Å². The highest BCUT2D eigenvalue weighted by Crippen LogP contribution is 2.21. The molecule has 1 fully saturated rings. The van der Waals surface area contributed by atoms with Crippen molar-refractivity contribution in [3.63, 3.8) is 0 Å². The van der Waals surface area contributed by atoms with Gasteiger partial charge in [-0.05, 0) is 31.5 Å². The van der Waals surface area contributed by atoms with Gasteiger partial charge in [0.25, 0.3) is 0 Å². The second-order valence-corrected chi connectivity index (χ2v) is 3.16. The molecule has 0 radical (unpaired) electrons. The van der Waals surface area contributed by atoms with Gasteiger partial charge in [-0.25, -0.2) is 0 Å². The van der Waals surface area contributed by atoms with Crippen LogP contribution in [-0.4, -0.2) is 11.5 Å². The van der Waals surface area contributed by atoms with E-state index < -0.39 is 0 Å². The summed E-state index contributed by atoms with van der Waals surface area (Å²) < 4.78 is 0. The fraction of sp³-hybridized carbons (Fsp3) is 0.444. The average molecular weight is 163 g/mol. The number of nitrogen functional groups attached to an aromatic ring is 1. The van der Waals surface area contributed by atoms with Crippen LogP contribution >= 0.6 is 0 Å². The molecule has 1 aromatic heterocycles. The van der Waals surface area contributed by atoms with Gasteiger partial charge < -0.3 is 11.1 Å². The van der Waals surface area contributed by atoms with Crippen LogP contribution in [0.1, 0.15) is 24.6 Å². The Morgan fingerprint density at radius 1 is 1.58 bits per heavy atom. The van der Waals surface area contributed by atoms with Crippen LogP contribution in [-0.2, 0) is 0 Å². The first-order chi connectivity index (χ1) is 5.86. The maximum atomic E-state index is 5.66. The molecule has 1 unspecified atom stereocenters. The Balaban J connectivity index is 2.21. The van der Waals surface area contributed by atoms with Crippen LogP contribution in [0.5, 0.6) is 0 Å². The van der Waals surface area contributed by atoms with Crippen LogP contribution in [0.4, 0.5) is 5.69 Å². The summed E-state index contributed by atoms with van der Waals surface area (Å²) >= 11 is 0. The van der Waals surface area contributed by atoms with Gasteiger partial charge in [-0.1, -0.05) is 0 Å². The maximum Gasteiger partial charge on any atom is 0.0593 e. The first kappa shape index (κ1) is 7.55. The predicted molar refractivity (Wildman–Crippen MR) is 48.6 cm³/mol. The topological polar surface area (TPSA) is 50.9 Å². The lowest BCUT2D eigenvalue weighted by Crippen LogP contribution is -2.14. The third-order valence-electron chi connectivity index (χ3n) is 2.22. The largest absolute Gasteiger partial charge is 0.399 e. The van der Waals surface area contributed by atoms with Gasteiger partial charge in [-0.15, -0.1) is 0 Å². The van der Waals surface area contributed by atoms with Crippen LogP contribution < -0.4 is 11.1 Å². The lowest BCUT2D eigenvalue weighted by atomic mass is 10.1. The Morgan fingerprint density at radius 3 is 3.17 bits per heavy atom. The van der Waals surface area contributed by atoms with Gasteiger partial charge in [-0.2, -0.15) is 0 Å². The molecule has 2 rings (SSSR count). The van der Waals surface area contributed by atoms with Crippen molar-refractivity contribution in [3.05, 3.63) is 24.0 Å². The smallest absolute Gasteiger partial charge is 0.0593 e. The summed E-state index contributed by atoms with van der Waals surface area (Å²) in [6.07, 6.45) is 4.18. The van der Waals surface area contributed by atoms with E-state index in [1.807, 2.05) is 12.1 Å². The summed E-state index contributed by atoms with van der Waals surface area (Å²) in [6, 6.07) is 4.19. The molecule has 0 saturated carbocycles. The van der Waals surface area contributed by atoms with Crippen molar-refractivity contribution in [2.24, 2.45) is 0 Å². The zero-order valence-electron chi connectivity index (χ0n) is 6.96. The van der Waals surface area contributed by atoms with E-state index in [-0.39, 0.29) is 0 Å². The average Bonchev–Trinajstić information content (AvgIpc) is 2.56. The van der Waals surface area contributed by atoms with Crippen LogP contribution in [0.15, 0.2) is 18.3 Å². The van der Waals surface area contributed by atoms with E-state index in [9.17, 15) is 0 Å². The Labute approximate surface area is 72.0 Å². The predicted octanol–water partition coefficient (Wildman–Crippen LogP) is 1.09. The molecule has 3 heteroatoms. The molecule has 3 nitrogen and oxygen atoms in total. The van der Waals surface area contributed by atoms with Crippen molar-refractivity contribution in [1.29, 1.82) is 0 Å². The fourth-order valence-corrected chi connectivity index (χ4v) is 1.59. The highest BCUT2D eigenvalue weighted by molar-refractivity contribution is 5.38. The number of hydrogen-bond donors (Lipinski definition) is 2. The van der Waals surface area contributed by atoms with Crippen LogP contribution in [0.25, 0.3) is 0 Å². The molecule has 12 heavy (non-hydrogen) atoms. The number of nitrogens with two attached hydrogens (primary N) is 1. The van der Waals surface area contributed by atoms with Gasteiger partial charge in [0.1, 0.15) is 0 Å². The minimum atomic E-state index is 0.425. The van der Waals surface area contributed by atoms with Crippen molar-refractivity contribution < 1.29 is 0 Å². The second kappa shape index (κ2) is 3.11. The van der Waals surface area contributed by atoms with Crippen LogP contribution in [0.3, 0.4) is 0 Å². The van der Waals surface area contributed by atoms with E-state index >= 15 is 0 Å². The van der Waals surface area contributed by atoms with Crippen molar-refractivity contribution in [2.45, 2.75) is 18.9 Å². The molecule has 1 aromatic rings. The van der Waals surface area contributed by atoms with Gasteiger partial charge in [0, 0.05) is 17.9 Å².